The van der Waals surface area contributed by atoms with E-state index >= 15 is 0 Å². The molecule has 1 aromatic carbocycles. The van der Waals surface area contributed by atoms with Crippen LogP contribution in [0.5, 0.6) is 0 Å². The van der Waals surface area contributed by atoms with Gasteiger partial charge in [-0.3, -0.25) is 0 Å². The molecule has 0 bridgehead atoms. The van der Waals surface area contributed by atoms with Crippen LogP contribution in [0.25, 0.3) is 0 Å². The SMILES string of the molecule is S=c1nc(CSc2ccc(Br)cc2)[nH]c2c1CCCCC2. The smallest absolute Gasteiger partial charge is 0.133 e. The Kier molecular flexibility index (Phi) is 5.14. The van der Waals surface area contributed by atoms with Gasteiger partial charge in [-0.1, -0.05) is 34.6 Å². The zero-order valence-corrected chi connectivity index (χ0v) is 14.9. The number of aromatic nitrogens is 2. The highest BCUT2D eigenvalue weighted by molar-refractivity contribution is 9.10. The van der Waals surface area contributed by atoms with Gasteiger partial charge in [-0.05, 0) is 49.9 Å². The lowest BCUT2D eigenvalue weighted by atomic mass is 10.1. The topological polar surface area (TPSA) is 28.7 Å². The number of hydrogen-bond acceptors (Lipinski definition) is 3. The summed E-state index contributed by atoms with van der Waals surface area (Å²) in [6.07, 6.45) is 5.97. The fourth-order valence-corrected chi connectivity index (χ4v) is 3.97. The van der Waals surface area contributed by atoms with Crippen molar-refractivity contribution in [1.29, 1.82) is 0 Å². The lowest BCUT2D eigenvalue weighted by molar-refractivity contribution is 0.708. The zero-order valence-electron chi connectivity index (χ0n) is 11.7. The Hall–Kier alpha value is -0.650. The van der Waals surface area contributed by atoms with E-state index in [2.05, 4.69) is 50.2 Å². The van der Waals surface area contributed by atoms with Crippen molar-refractivity contribution in [1.82, 2.24) is 9.97 Å². The van der Waals surface area contributed by atoms with Crippen LogP contribution in [0, 0.1) is 4.64 Å². The molecule has 110 valence electrons. The van der Waals surface area contributed by atoms with E-state index in [1.165, 1.54) is 35.4 Å². The molecule has 0 fully saturated rings. The molecule has 1 aromatic heterocycles. The maximum atomic E-state index is 5.49. The molecule has 0 aliphatic heterocycles. The van der Waals surface area contributed by atoms with Crippen molar-refractivity contribution < 1.29 is 0 Å². The Balaban J connectivity index is 1.77. The predicted octanol–water partition coefficient (Wildman–Crippen LogP) is 5.46. The minimum atomic E-state index is 0.803. The number of nitrogens with zero attached hydrogens (tertiary/aromatic N) is 1. The summed E-state index contributed by atoms with van der Waals surface area (Å²) in [6.45, 7) is 0. The van der Waals surface area contributed by atoms with E-state index in [-0.39, 0.29) is 0 Å². The molecule has 1 heterocycles. The standard InChI is InChI=1S/C16H17BrN2S2/c17-11-6-8-12(9-7-11)21-10-15-18-14-5-3-1-2-4-13(14)16(20)19-15/h6-9H,1-5,10H2,(H,18,19,20). The Morgan fingerprint density at radius 2 is 1.90 bits per heavy atom. The minimum absolute atomic E-state index is 0.803. The van der Waals surface area contributed by atoms with Crippen LogP contribution in [0.4, 0.5) is 0 Å². The minimum Gasteiger partial charge on any atom is -0.346 e. The number of aryl methyl sites for hydroxylation is 1. The van der Waals surface area contributed by atoms with Gasteiger partial charge in [0.25, 0.3) is 0 Å². The molecule has 3 rings (SSSR count). The van der Waals surface area contributed by atoms with Crippen LogP contribution in [-0.4, -0.2) is 9.97 Å². The summed E-state index contributed by atoms with van der Waals surface area (Å²) in [5, 5.41) is 0. The largest absolute Gasteiger partial charge is 0.346 e. The van der Waals surface area contributed by atoms with E-state index in [4.69, 9.17) is 12.2 Å². The summed E-state index contributed by atoms with van der Waals surface area (Å²) >= 11 is 10.7. The fraction of sp³-hybridized carbons (Fsp3) is 0.375. The summed E-state index contributed by atoms with van der Waals surface area (Å²) in [5.74, 6) is 1.83. The number of rotatable bonds is 3. The number of benzene rings is 1. The van der Waals surface area contributed by atoms with Gasteiger partial charge in [0.15, 0.2) is 0 Å². The predicted molar refractivity (Wildman–Crippen MR) is 94.4 cm³/mol. The molecule has 0 atom stereocenters. The van der Waals surface area contributed by atoms with E-state index in [9.17, 15) is 0 Å². The second-order valence-electron chi connectivity index (χ2n) is 5.25. The molecule has 1 aliphatic rings. The van der Waals surface area contributed by atoms with Gasteiger partial charge < -0.3 is 4.98 Å². The quantitative estimate of drug-likeness (QED) is 0.435. The third-order valence-corrected chi connectivity index (χ3v) is 5.59. The Morgan fingerprint density at radius 1 is 1.14 bits per heavy atom. The van der Waals surface area contributed by atoms with Gasteiger partial charge in [0.05, 0.1) is 5.75 Å². The maximum Gasteiger partial charge on any atom is 0.133 e. The number of thioether (sulfide) groups is 1. The Labute approximate surface area is 142 Å². The lowest BCUT2D eigenvalue weighted by Crippen LogP contribution is -2.03. The number of hydrogen-bond donors (Lipinski definition) is 1. The summed E-state index contributed by atoms with van der Waals surface area (Å²) in [6, 6.07) is 8.36. The first-order chi connectivity index (χ1) is 10.2. The van der Waals surface area contributed by atoms with Crippen LogP contribution in [0.1, 0.15) is 36.3 Å². The van der Waals surface area contributed by atoms with E-state index < -0.39 is 0 Å². The zero-order chi connectivity index (χ0) is 14.7. The number of halogens is 1. The van der Waals surface area contributed by atoms with Gasteiger partial charge in [-0.2, -0.15) is 0 Å². The van der Waals surface area contributed by atoms with Gasteiger partial charge in [-0.25, -0.2) is 4.98 Å². The third-order valence-electron chi connectivity index (χ3n) is 3.70. The summed E-state index contributed by atoms with van der Waals surface area (Å²) in [5.41, 5.74) is 2.60. The van der Waals surface area contributed by atoms with Gasteiger partial charge in [0, 0.05) is 20.6 Å². The van der Waals surface area contributed by atoms with Gasteiger partial charge in [-0.15, -0.1) is 11.8 Å². The van der Waals surface area contributed by atoms with Gasteiger partial charge >= 0.3 is 0 Å². The van der Waals surface area contributed by atoms with Crippen LogP contribution in [-0.2, 0) is 18.6 Å². The first-order valence-electron chi connectivity index (χ1n) is 7.22. The van der Waals surface area contributed by atoms with Crippen molar-refractivity contribution in [3.05, 3.63) is 50.5 Å². The number of nitrogens with one attached hydrogen (secondary N) is 1. The molecule has 0 amide bonds. The van der Waals surface area contributed by atoms with Gasteiger partial charge in [0.1, 0.15) is 10.5 Å². The van der Waals surface area contributed by atoms with Gasteiger partial charge in [0.2, 0.25) is 0 Å². The van der Waals surface area contributed by atoms with E-state index in [1.807, 2.05) is 0 Å². The van der Waals surface area contributed by atoms with E-state index in [0.29, 0.717) is 0 Å². The summed E-state index contributed by atoms with van der Waals surface area (Å²) < 4.78 is 1.91. The molecule has 0 unspecified atom stereocenters. The van der Waals surface area contributed by atoms with E-state index in [0.717, 1.165) is 33.5 Å². The molecule has 1 N–H and O–H groups in total. The number of fused-ring (bicyclic) bond motifs is 1. The first-order valence-corrected chi connectivity index (χ1v) is 9.40. The van der Waals surface area contributed by atoms with Crippen LogP contribution in [0.15, 0.2) is 33.6 Å². The highest BCUT2D eigenvalue weighted by Crippen LogP contribution is 2.25. The van der Waals surface area contributed by atoms with Crippen LogP contribution in [0.3, 0.4) is 0 Å². The highest BCUT2D eigenvalue weighted by atomic mass is 79.9. The molecule has 0 saturated heterocycles. The van der Waals surface area contributed by atoms with Crippen molar-refractivity contribution in [2.45, 2.75) is 42.8 Å². The number of H-pyrrole nitrogens is 1. The second kappa shape index (κ2) is 7.07. The second-order valence-corrected chi connectivity index (χ2v) is 7.60. The molecule has 0 spiro atoms. The molecule has 0 radical (unpaired) electrons. The lowest BCUT2D eigenvalue weighted by Gasteiger charge is -2.09. The molecular formula is C16H17BrN2S2. The average Bonchev–Trinajstić information content (AvgIpc) is 2.72. The van der Waals surface area contributed by atoms with Crippen molar-refractivity contribution in [2.24, 2.45) is 0 Å². The number of aromatic amines is 1. The molecule has 2 nitrogen and oxygen atoms in total. The molecule has 21 heavy (non-hydrogen) atoms. The molecule has 0 saturated carbocycles. The van der Waals surface area contributed by atoms with Crippen LogP contribution >= 0.6 is 39.9 Å². The van der Waals surface area contributed by atoms with E-state index in [1.54, 1.807) is 11.8 Å². The van der Waals surface area contributed by atoms with Crippen molar-refractivity contribution in [2.75, 3.05) is 0 Å². The summed E-state index contributed by atoms with van der Waals surface area (Å²) in [7, 11) is 0. The monoisotopic (exact) mass is 380 g/mol. The maximum absolute atomic E-state index is 5.49. The Bertz CT molecular complexity index is 680. The highest BCUT2D eigenvalue weighted by Gasteiger charge is 2.12. The fourth-order valence-electron chi connectivity index (χ4n) is 2.60. The van der Waals surface area contributed by atoms with Crippen LogP contribution in [0.2, 0.25) is 0 Å². The average molecular weight is 381 g/mol. The van der Waals surface area contributed by atoms with Crippen LogP contribution < -0.4 is 0 Å². The summed E-state index contributed by atoms with van der Waals surface area (Å²) in [4.78, 5) is 9.35. The normalized spacial score (nSPS) is 14.5. The van der Waals surface area contributed by atoms with Crippen molar-refractivity contribution in [3.8, 4) is 0 Å². The molecular weight excluding hydrogens is 364 g/mol. The van der Waals surface area contributed by atoms with Crippen molar-refractivity contribution in [3.63, 3.8) is 0 Å². The molecule has 1 aliphatic carbocycles. The molecule has 5 heteroatoms. The molecule has 2 aromatic rings. The van der Waals surface area contributed by atoms with Crippen molar-refractivity contribution >= 4 is 39.9 Å². The third kappa shape index (κ3) is 3.96. The Morgan fingerprint density at radius 3 is 2.71 bits per heavy atom. The first kappa shape index (κ1) is 15.3.